The Morgan fingerprint density at radius 3 is 2.80 bits per heavy atom. The molecule has 20 heavy (non-hydrogen) atoms. The van der Waals surface area contributed by atoms with Gasteiger partial charge in [-0.05, 0) is 51.0 Å². The van der Waals surface area contributed by atoms with Crippen LogP contribution in [0, 0.1) is 0 Å². The molecule has 0 aliphatic carbocycles. The predicted octanol–water partition coefficient (Wildman–Crippen LogP) is 3.32. The van der Waals surface area contributed by atoms with Crippen LogP contribution in [0.4, 0.5) is 4.79 Å². The van der Waals surface area contributed by atoms with Crippen molar-refractivity contribution in [1.82, 2.24) is 10.2 Å². The van der Waals surface area contributed by atoms with Crippen LogP contribution < -0.4 is 5.32 Å². The molecule has 2 heterocycles. The minimum Gasteiger partial charge on any atom is -0.443 e. The van der Waals surface area contributed by atoms with E-state index in [2.05, 4.69) is 33.4 Å². The zero-order valence-electron chi connectivity index (χ0n) is 12.2. The Kier molecular flexibility index (Phi) is 4.70. The minimum absolute atomic E-state index is 0.311. The quantitative estimate of drug-likeness (QED) is 0.796. The van der Waals surface area contributed by atoms with Crippen LogP contribution in [0.2, 0.25) is 0 Å². The Labute approximate surface area is 128 Å². The van der Waals surface area contributed by atoms with Crippen molar-refractivity contribution in [3.05, 3.63) is 34.0 Å². The van der Waals surface area contributed by atoms with Crippen molar-refractivity contribution in [3.8, 4) is 0 Å². The van der Waals surface area contributed by atoms with Crippen LogP contribution in [0.1, 0.15) is 27.2 Å². The summed E-state index contributed by atoms with van der Waals surface area (Å²) >= 11 is 3.51. The van der Waals surface area contributed by atoms with E-state index in [0.717, 1.165) is 29.6 Å². The third-order valence-electron chi connectivity index (χ3n) is 2.99. The maximum Gasteiger partial charge on any atom is 0.414 e. The Bertz CT molecular complexity index is 487. The highest BCUT2D eigenvalue weighted by molar-refractivity contribution is 9.11. The number of nitrogens with one attached hydrogen (secondary N) is 1. The van der Waals surface area contributed by atoms with E-state index in [-0.39, 0.29) is 6.09 Å². The van der Waals surface area contributed by atoms with Gasteiger partial charge in [-0.15, -0.1) is 0 Å². The molecule has 0 aromatic carbocycles. The highest BCUT2D eigenvalue weighted by atomic mass is 79.9. The molecule has 2 rings (SSSR count). The number of hydrogen-bond donors (Lipinski definition) is 1. The molecule has 0 aromatic heterocycles. The van der Waals surface area contributed by atoms with Crippen LogP contribution in [0.3, 0.4) is 0 Å². The largest absolute Gasteiger partial charge is 0.443 e. The van der Waals surface area contributed by atoms with E-state index in [1.807, 2.05) is 27.0 Å². The van der Waals surface area contributed by atoms with Crippen LogP contribution in [-0.2, 0) is 4.74 Å². The van der Waals surface area contributed by atoms with Crippen molar-refractivity contribution in [2.24, 2.45) is 0 Å². The van der Waals surface area contributed by atoms with E-state index < -0.39 is 5.60 Å². The lowest BCUT2D eigenvalue weighted by Gasteiger charge is -2.28. The molecule has 1 N–H and O–H groups in total. The van der Waals surface area contributed by atoms with Gasteiger partial charge >= 0.3 is 6.09 Å². The first-order valence-corrected chi connectivity index (χ1v) is 7.62. The molecule has 110 valence electrons. The zero-order valence-corrected chi connectivity index (χ0v) is 13.8. The van der Waals surface area contributed by atoms with Crippen molar-refractivity contribution >= 4 is 22.0 Å². The Hall–Kier alpha value is -1.07. The highest BCUT2D eigenvalue weighted by Crippen LogP contribution is 2.26. The summed E-state index contributed by atoms with van der Waals surface area (Å²) in [6.45, 7) is 7.99. The predicted molar refractivity (Wildman–Crippen MR) is 83.6 cm³/mol. The first kappa shape index (κ1) is 15.3. The second-order valence-corrected chi connectivity index (χ2v) is 6.99. The lowest BCUT2D eigenvalue weighted by molar-refractivity contribution is 0.0348. The van der Waals surface area contributed by atoms with E-state index in [4.69, 9.17) is 4.74 Å². The fourth-order valence-corrected chi connectivity index (χ4v) is 2.64. The molecule has 0 saturated carbocycles. The number of amides is 1. The van der Waals surface area contributed by atoms with Crippen molar-refractivity contribution in [3.63, 3.8) is 0 Å². The van der Waals surface area contributed by atoms with Crippen molar-refractivity contribution in [2.75, 3.05) is 19.6 Å². The third-order valence-corrected chi connectivity index (χ3v) is 3.47. The fraction of sp³-hybridized carbons (Fsp3) is 0.533. The van der Waals surface area contributed by atoms with E-state index in [1.165, 1.54) is 5.57 Å². The standard InChI is InChI=1S/C15H21BrN2O2/c1-15(2,3)20-14(19)18-9-12(8-13(16)10-18)11-4-6-17-7-5-11/h4,8-9,17H,5-7,10H2,1-3H3. The molecule has 4 nitrogen and oxygen atoms in total. The number of allylic oxidation sites excluding steroid dienone is 2. The van der Waals surface area contributed by atoms with Gasteiger partial charge in [0.2, 0.25) is 0 Å². The average molecular weight is 341 g/mol. The first-order valence-electron chi connectivity index (χ1n) is 6.83. The molecule has 0 radical (unpaired) electrons. The maximum absolute atomic E-state index is 12.2. The lowest BCUT2D eigenvalue weighted by Crippen LogP contribution is -2.35. The van der Waals surface area contributed by atoms with Gasteiger partial charge in [-0.25, -0.2) is 4.79 Å². The number of halogens is 1. The second kappa shape index (κ2) is 6.14. The van der Waals surface area contributed by atoms with E-state index in [1.54, 1.807) is 4.90 Å². The summed E-state index contributed by atoms with van der Waals surface area (Å²) in [6, 6.07) is 0. The molecule has 0 spiro atoms. The van der Waals surface area contributed by atoms with Gasteiger partial charge in [0.25, 0.3) is 0 Å². The molecule has 5 heteroatoms. The molecule has 0 atom stereocenters. The minimum atomic E-state index is -0.479. The van der Waals surface area contributed by atoms with Gasteiger partial charge in [0, 0.05) is 17.2 Å². The Morgan fingerprint density at radius 2 is 2.20 bits per heavy atom. The van der Waals surface area contributed by atoms with Crippen LogP contribution in [0.5, 0.6) is 0 Å². The van der Waals surface area contributed by atoms with Gasteiger partial charge in [0.1, 0.15) is 5.60 Å². The zero-order chi connectivity index (χ0) is 14.8. The lowest BCUT2D eigenvalue weighted by atomic mass is 9.99. The molecular weight excluding hydrogens is 320 g/mol. The number of ether oxygens (including phenoxy) is 1. The van der Waals surface area contributed by atoms with Gasteiger partial charge < -0.3 is 10.1 Å². The summed E-state index contributed by atoms with van der Waals surface area (Å²) in [4.78, 5) is 13.8. The van der Waals surface area contributed by atoms with Gasteiger partial charge in [0.05, 0.1) is 6.54 Å². The molecule has 0 fully saturated rings. The van der Waals surface area contributed by atoms with E-state index >= 15 is 0 Å². The van der Waals surface area contributed by atoms with Gasteiger partial charge in [-0.3, -0.25) is 4.90 Å². The van der Waals surface area contributed by atoms with Gasteiger partial charge in [-0.1, -0.05) is 22.0 Å². The average Bonchev–Trinajstić information content (AvgIpc) is 2.37. The van der Waals surface area contributed by atoms with Crippen LogP contribution in [0.25, 0.3) is 0 Å². The Morgan fingerprint density at radius 1 is 1.45 bits per heavy atom. The van der Waals surface area contributed by atoms with E-state index in [9.17, 15) is 4.79 Å². The number of carbonyl (C=O) groups excluding carboxylic acids is 1. The number of rotatable bonds is 1. The number of hydrogen-bond acceptors (Lipinski definition) is 3. The Balaban J connectivity index is 2.16. The second-order valence-electron chi connectivity index (χ2n) is 5.97. The molecule has 1 amide bonds. The summed E-state index contributed by atoms with van der Waals surface area (Å²) in [5.41, 5.74) is 1.87. The fourth-order valence-electron chi connectivity index (χ4n) is 2.13. The summed E-state index contributed by atoms with van der Waals surface area (Å²) < 4.78 is 6.41. The maximum atomic E-state index is 12.2. The van der Waals surface area contributed by atoms with Gasteiger partial charge in [0.15, 0.2) is 0 Å². The number of nitrogens with zero attached hydrogens (tertiary/aromatic N) is 1. The van der Waals surface area contributed by atoms with Crippen molar-refractivity contribution in [2.45, 2.75) is 32.8 Å². The van der Waals surface area contributed by atoms with Crippen molar-refractivity contribution < 1.29 is 9.53 Å². The van der Waals surface area contributed by atoms with Crippen molar-refractivity contribution in [1.29, 1.82) is 0 Å². The summed E-state index contributed by atoms with van der Waals surface area (Å²) in [5.74, 6) is 0. The molecule has 2 aliphatic rings. The molecule has 0 bridgehead atoms. The van der Waals surface area contributed by atoms with Crippen LogP contribution in [0.15, 0.2) is 34.0 Å². The number of carbonyl (C=O) groups is 1. The molecule has 0 unspecified atom stereocenters. The van der Waals surface area contributed by atoms with Gasteiger partial charge in [-0.2, -0.15) is 0 Å². The summed E-state index contributed by atoms with van der Waals surface area (Å²) in [5, 5.41) is 3.29. The molecule has 0 saturated heterocycles. The first-order chi connectivity index (χ1) is 9.35. The van der Waals surface area contributed by atoms with E-state index in [0.29, 0.717) is 6.54 Å². The molecule has 0 aromatic rings. The van der Waals surface area contributed by atoms with Crippen LogP contribution in [-0.4, -0.2) is 36.2 Å². The summed E-state index contributed by atoms with van der Waals surface area (Å²) in [6.07, 6.45) is 6.80. The van der Waals surface area contributed by atoms with Crippen LogP contribution >= 0.6 is 15.9 Å². The molecule has 2 aliphatic heterocycles. The third kappa shape index (κ3) is 4.21. The smallest absolute Gasteiger partial charge is 0.414 e. The topological polar surface area (TPSA) is 41.6 Å². The SMILES string of the molecule is CC(C)(C)OC(=O)N1C=C(C2=CCNCC2)C=C(Br)C1. The summed E-state index contributed by atoms with van der Waals surface area (Å²) in [7, 11) is 0. The molecular formula is C15H21BrN2O2. The monoisotopic (exact) mass is 340 g/mol. The highest BCUT2D eigenvalue weighted by Gasteiger charge is 2.24. The normalized spacial score (nSPS) is 20.0.